The lowest BCUT2D eigenvalue weighted by Gasteiger charge is -2.35. The predicted octanol–water partition coefficient (Wildman–Crippen LogP) is 7.79. The second-order valence-electron chi connectivity index (χ2n) is 13.6. The number of anilines is 1. The van der Waals surface area contributed by atoms with Gasteiger partial charge < -0.3 is 14.8 Å². The number of nitrogens with zero attached hydrogens (tertiary/aromatic N) is 4. The van der Waals surface area contributed by atoms with Crippen molar-refractivity contribution in [3.05, 3.63) is 60.0 Å². The molecule has 1 unspecified atom stereocenters. The predicted molar refractivity (Wildman–Crippen MR) is 181 cm³/mol. The number of aryl methyl sites for hydroxylation is 1. The number of aromatic nitrogens is 3. The van der Waals surface area contributed by atoms with Gasteiger partial charge in [-0.2, -0.15) is 5.10 Å². The highest BCUT2D eigenvalue weighted by Crippen LogP contribution is 2.39. The van der Waals surface area contributed by atoms with Gasteiger partial charge in [0.25, 0.3) is 0 Å². The van der Waals surface area contributed by atoms with Crippen LogP contribution in [-0.2, 0) is 9.53 Å². The van der Waals surface area contributed by atoms with Crippen LogP contribution in [0.4, 0.5) is 15.0 Å². The number of halogens is 1. The summed E-state index contributed by atoms with van der Waals surface area (Å²) in [5.74, 6) is 2.34. The third-order valence-electron chi connectivity index (χ3n) is 9.75. The molecule has 2 aliphatic rings. The van der Waals surface area contributed by atoms with Crippen LogP contribution in [-0.4, -0.2) is 59.2 Å². The highest BCUT2D eigenvalue weighted by molar-refractivity contribution is 5.94. The number of methoxy groups -OCH3 is 1. The number of nitrogens with one attached hydrogen (secondary N) is 1. The molecule has 3 aromatic rings. The molecule has 2 fully saturated rings. The van der Waals surface area contributed by atoms with Crippen molar-refractivity contribution in [2.75, 3.05) is 25.1 Å². The number of carbonyl (C=O) groups excluding carboxylic acids is 2. The summed E-state index contributed by atoms with van der Waals surface area (Å²) in [5, 5.41) is 6.98. The van der Waals surface area contributed by atoms with E-state index in [0.29, 0.717) is 49.9 Å². The Morgan fingerprint density at radius 3 is 2.40 bits per heavy atom. The first kappa shape index (κ1) is 34.4. The molecule has 2 amide bonds. The summed E-state index contributed by atoms with van der Waals surface area (Å²) in [4.78, 5) is 33.0. The fourth-order valence-corrected chi connectivity index (χ4v) is 6.97. The van der Waals surface area contributed by atoms with Crippen molar-refractivity contribution in [3.63, 3.8) is 0 Å². The number of rotatable bonds is 11. The number of pyridine rings is 1. The first-order valence-electron chi connectivity index (χ1n) is 17.2. The summed E-state index contributed by atoms with van der Waals surface area (Å²) >= 11 is 0. The number of ether oxygens (including phenoxy) is 2. The minimum atomic E-state index is -1.14. The summed E-state index contributed by atoms with van der Waals surface area (Å²) < 4.78 is 26.0. The minimum Gasteiger partial charge on any atom is -0.496 e. The fraction of sp³-hybridized carbons (Fsp3) is 0.568. The standard InChI is InChI=1S/C37H50FN5O4/c1-24(2)43-23-32(21-41-43)31-16-17-39-35(19-31)42(36(44)29-10-13-33(14-11-29)47-37(45)40-20-26(4)38)22-27-6-8-28(9-7-27)30-12-15-34(46-5)25(3)18-30/h12,15-19,21,23-24,26-29,33H,6-11,13-14,20,22H2,1-5H3,(H,40,45). The molecule has 0 bridgehead atoms. The average molecular weight is 648 g/mol. The van der Waals surface area contributed by atoms with E-state index >= 15 is 0 Å². The van der Waals surface area contributed by atoms with Crippen LogP contribution in [0.3, 0.4) is 0 Å². The molecule has 0 aliphatic heterocycles. The summed E-state index contributed by atoms with van der Waals surface area (Å²) in [6.07, 6.45) is 10.3. The van der Waals surface area contributed by atoms with Gasteiger partial charge in [-0.3, -0.25) is 14.4 Å². The van der Waals surface area contributed by atoms with E-state index in [1.165, 1.54) is 12.5 Å². The first-order chi connectivity index (χ1) is 22.6. The highest BCUT2D eigenvalue weighted by Gasteiger charge is 2.34. The van der Waals surface area contributed by atoms with Gasteiger partial charge in [0.15, 0.2) is 0 Å². The van der Waals surface area contributed by atoms with E-state index in [-0.39, 0.29) is 30.5 Å². The van der Waals surface area contributed by atoms with Gasteiger partial charge in [0.1, 0.15) is 23.8 Å². The molecule has 10 heteroatoms. The van der Waals surface area contributed by atoms with Gasteiger partial charge in [0.05, 0.1) is 19.9 Å². The topological polar surface area (TPSA) is 98.6 Å². The van der Waals surface area contributed by atoms with E-state index in [1.807, 2.05) is 34.1 Å². The molecule has 0 radical (unpaired) electrons. The van der Waals surface area contributed by atoms with Gasteiger partial charge in [-0.05, 0) is 126 Å². The van der Waals surface area contributed by atoms with Crippen LogP contribution in [0.2, 0.25) is 0 Å². The number of hydrogen-bond donors (Lipinski definition) is 1. The quantitative estimate of drug-likeness (QED) is 0.228. The van der Waals surface area contributed by atoms with Crippen LogP contribution >= 0.6 is 0 Å². The number of hydrogen-bond acceptors (Lipinski definition) is 6. The largest absolute Gasteiger partial charge is 0.496 e. The van der Waals surface area contributed by atoms with Crippen molar-refractivity contribution >= 4 is 17.8 Å². The van der Waals surface area contributed by atoms with Crippen LogP contribution in [0.5, 0.6) is 5.75 Å². The van der Waals surface area contributed by atoms with Gasteiger partial charge in [0, 0.05) is 36.5 Å². The molecule has 2 aromatic heterocycles. The Hall–Kier alpha value is -3.95. The van der Waals surface area contributed by atoms with Crippen LogP contribution in [0, 0.1) is 18.8 Å². The van der Waals surface area contributed by atoms with Crippen molar-refractivity contribution in [3.8, 4) is 16.9 Å². The Morgan fingerprint density at radius 2 is 1.77 bits per heavy atom. The van der Waals surface area contributed by atoms with E-state index in [1.54, 1.807) is 13.3 Å². The number of amides is 2. The first-order valence-corrected chi connectivity index (χ1v) is 17.2. The zero-order valence-corrected chi connectivity index (χ0v) is 28.5. The molecule has 1 aromatic carbocycles. The third kappa shape index (κ3) is 8.90. The Labute approximate surface area is 278 Å². The number of carbonyl (C=O) groups is 2. The van der Waals surface area contributed by atoms with E-state index in [4.69, 9.17) is 14.5 Å². The third-order valence-corrected chi connectivity index (χ3v) is 9.75. The molecular weight excluding hydrogens is 597 g/mol. The molecule has 2 saturated carbocycles. The zero-order valence-electron chi connectivity index (χ0n) is 28.5. The van der Waals surface area contributed by atoms with E-state index < -0.39 is 12.3 Å². The molecule has 254 valence electrons. The average Bonchev–Trinajstić information content (AvgIpc) is 3.58. The monoisotopic (exact) mass is 647 g/mol. The number of alkyl halides is 1. The number of benzene rings is 1. The van der Waals surface area contributed by atoms with Crippen molar-refractivity contribution in [2.45, 2.75) is 103 Å². The molecule has 0 spiro atoms. The van der Waals surface area contributed by atoms with Gasteiger partial charge in [-0.15, -0.1) is 0 Å². The second-order valence-corrected chi connectivity index (χ2v) is 13.6. The van der Waals surface area contributed by atoms with E-state index in [9.17, 15) is 14.0 Å². The lowest BCUT2D eigenvalue weighted by Crippen LogP contribution is -2.43. The maximum absolute atomic E-state index is 14.3. The lowest BCUT2D eigenvalue weighted by atomic mass is 9.78. The summed E-state index contributed by atoms with van der Waals surface area (Å²) in [6, 6.07) is 10.7. The maximum atomic E-state index is 14.3. The molecule has 2 heterocycles. The summed E-state index contributed by atoms with van der Waals surface area (Å²) in [7, 11) is 1.71. The van der Waals surface area contributed by atoms with Crippen molar-refractivity contribution in [1.29, 1.82) is 0 Å². The Kier molecular flexibility index (Phi) is 11.5. The Balaban J connectivity index is 1.29. The van der Waals surface area contributed by atoms with E-state index in [2.05, 4.69) is 49.4 Å². The van der Waals surface area contributed by atoms with Gasteiger partial charge in [-0.25, -0.2) is 14.2 Å². The normalized spacial score (nSPS) is 22.0. The zero-order chi connectivity index (χ0) is 33.5. The van der Waals surface area contributed by atoms with Crippen molar-refractivity contribution in [1.82, 2.24) is 20.1 Å². The summed E-state index contributed by atoms with van der Waals surface area (Å²) in [6.45, 7) is 8.21. The Bertz CT molecular complexity index is 1490. The molecule has 5 rings (SSSR count). The molecular formula is C37H50FN5O4. The molecule has 9 nitrogen and oxygen atoms in total. The molecule has 47 heavy (non-hydrogen) atoms. The SMILES string of the molecule is COc1ccc(C2CCC(CN(C(=O)C3CCC(OC(=O)NCC(C)F)CC3)c3cc(-c4cnn(C(C)C)c4)ccn3)CC2)cc1C. The van der Waals surface area contributed by atoms with Crippen molar-refractivity contribution < 1.29 is 23.5 Å². The van der Waals surface area contributed by atoms with Crippen LogP contribution in [0.15, 0.2) is 48.9 Å². The van der Waals surface area contributed by atoms with Crippen LogP contribution in [0.1, 0.15) is 95.2 Å². The second kappa shape index (κ2) is 15.8. The lowest BCUT2D eigenvalue weighted by molar-refractivity contribution is -0.124. The summed E-state index contributed by atoms with van der Waals surface area (Å²) in [5.41, 5.74) is 4.48. The fourth-order valence-electron chi connectivity index (χ4n) is 6.97. The molecule has 2 aliphatic carbocycles. The molecule has 1 atom stereocenters. The molecule has 1 N–H and O–H groups in total. The van der Waals surface area contributed by atoms with Crippen LogP contribution < -0.4 is 15.0 Å². The minimum absolute atomic E-state index is 0.0758. The number of alkyl carbamates (subject to hydrolysis) is 1. The van der Waals surface area contributed by atoms with Crippen LogP contribution in [0.25, 0.3) is 11.1 Å². The van der Waals surface area contributed by atoms with Crippen molar-refractivity contribution in [2.24, 2.45) is 11.8 Å². The smallest absolute Gasteiger partial charge is 0.407 e. The highest BCUT2D eigenvalue weighted by atomic mass is 19.1. The molecule has 0 saturated heterocycles. The van der Waals surface area contributed by atoms with Gasteiger partial charge in [0.2, 0.25) is 5.91 Å². The Morgan fingerprint density at radius 1 is 1.02 bits per heavy atom. The van der Waals surface area contributed by atoms with E-state index in [0.717, 1.165) is 48.1 Å². The maximum Gasteiger partial charge on any atom is 0.407 e. The van der Waals surface area contributed by atoms with Gasteiger partial charge in [-0.1, -0.05) is 12.1 Å². The van der Waals surface area contributed by atoms with Gasteiger partial charge >= 0.3 is 6.09 Å².